The highest BCUT2D eigenvalue weighted by Crippen LogP contribution is 2.35. The molecule has 5 N–H and O–H groups in total. The SMILES string of the molecule is CS(=O)(=O)OC(=O)c1cc2c(O)cccc2cc1-c1ccccc1C(=O)Nc1ccc(C(=N)N)cc1. The standard InChI is InChI=1S/C26H21N3O6S/c1-36(33,34)35-26(32)22-14-20-16(5-4-8-23(20)30)13-21(22)18-6-2-3-7-19(18)25(31)29-17-11-9-15(10-12-17)24(27)28/h2-14,30H,1H3,(H3,27,28)(H,29,31). The number of carbonyl (C=O) groups excluding carboxylic acids is 2. The summed E-state index contributed by atoms with van der Waals surface area (Å²) in [5, 5.41) is 21.4. The van der Waals surface area contributed by atoms with E-state index in [0.29, 0.717) is 27.6 Å². The van der Waals surface area contributed by atoms with Crippen molar-refractivity contribution in [3.8, 4) is 16.9 Å². The van der Waals surface area contributed by atoms with E-state index in [-0.39, 0.29) is 28.3 Å². The molecule has 0 atom stereocenters. The molecule has 0 aliphatic rings. The lowest BCUT2D eigenvalue weighted by molar-refractivity contribution is 0.0749. The van der Waals surface area contributed by atoms with Crippen molar-refractivity contribution in [1.29, 1.82) is 5.41 Å². The van der Waals surface area contributed by atoms with Gasteiger partial charge in [0.1, 0.15) is 11.6 Å². The van der Waals surface area contributed by atoms with Gasteiger partial charge in [-0.15, -0.1) is 0 Å². The number of rotatable bonds is 6. The third-order valence-corrected chi connectivity index (χ3v) is 5.81. The van der Waals surface area contributed by atoms with Gasteiger partial charge in [-0.1, -0.05) is 30.3 Å². The molecular formula is C26H21N3O6S. The zero-order valence-electron chi connectivity index (χ0n) is 19.0. The van der Waals surface area contributed by atoms with Gasteiger partial charge in [0.05, 0.1) is 11.8 Å². The molecule has 4 aromatic rings. The van der Waals surface area contributed by atoms with Crippen LogP contribution < -0.4 is 11.1 Å². The molecule has 9 nitrogen and oxygen atoms in total. The molecule has 0 aliphatic heterocycles. The monoisotopic (exact) mass is 503 g/mol. The average Bonchev–Trinajstić information content (AvgIpc) is 2.83. The second kappa shape index (κ2) is 9.51. The Kier molecular flexibility index (Phi) is 6.45. The van der Waals surface area contributed by atoms with Gasteiger partial charge in [-0.25, -0.2) is 4.79 Å². The third-order valence-electron chi connectivity index (χ3n) is 5.36. The fourth-order valence-corrected chi connectivity index (χ4v) is 4.10. The fourth-order valence-electron chi connectivity index (χ4n) is 3.73. The van der Waals surface area contributed by atoms with Crippen molar-refractivity contribution >= 4 is 44.3 Å². The van der Waals surface area contributed by atoms with E-state index in [1.807, 2.05) is 0 Å². The van der Waals surface area contributed by atoms with Crippen molar-refractivity contribution in [1.82, 2.24) is 0 Å². The van der Waals surface area contributed by atoms with Crippen molar-refractivity contribution < 1.29 is 27.3 Å². The summed E-state index contributed by atoms with van der Waals surface area (Å²) in [5.74, 6) is -1.84. The van der Waals surface area contributed by atoms with Crippen molar-refractivity contribution in [2.24, 2.45) is 5.73 Å². The number of aromatic hydroxyl groups is 1. The summed E-state index contributed by atoms with van der Waals surface area (Å²) in [7, 11) is -4.13. The van der Waals surface area contributed by atoms with E-state index >= 15 is 0 Å². The van der Waals surface area contributed by atoms with Crippen LogP contribution in [0.3, 0.4) is 0 Å². The summed E-state index contributed by atoms with van der Waals surface area (Å²) >= 11 is 0. The zero-order chi connectivity index (χ0) is 26.0. The molecule has 0 saturated carbocycles. The number of nitrogens with one attached hydrogen (secondary N) is 2. The van der Waals surface area contributed by atoms with E-state index in [9.17, 15) is 23.1 Å². The van der Waals surface area contributed by atoms with Crippen LogP contribution >= 0.6 is 0 Å². The first kappa shape index (κ1) is 24.4. The number of phenols is 1. The molecule has 1 amide bonds. The number of amidine groups is 1. The predicted molar refractivity (Wildman–Crippen MR) is 137 cm³/mol. The lowest BCUT2D eigenvalue weighted by Gasteiger charge is -2.15. The van der Waals surface area contributed by atoms with Crippen molar-refractivity contribution in [3.63, 3.8) is 0 Å². The number of anilines is 1. The molecule has 36 heavy (non-hydrogen) atoms. The molecule has 182 valence electrons. The summed E-state index contributed by atoms with van der Waals surface area (Å²) in [6.07, 6.45) is 0.752. The first-order chi connectivity index (χ1) is 17.0. The van der Waals surface area contributed by atoms with Crippen molar-refractivity contribution in [2.45, 2.75) is 0 Å². The third kappa shape index (κ3) is 5.18. The number of nitrogens with two attached hydrogens (primary N) is 1. The van der Waals surface area contributed by atoms with Crippen LogP contribution in [0, 0.1) is 5.41 Å². The zero-order valence-corrected chi connectivity index (χ0v) is 19.8. The lowest BCUT2D eigenvalue weighted by atomic mass is 9.92. The maximum Gasteiger partial charge on any atom is 0.354 e. The van der Waals surface area contributed by atoms with Crippen LogP contribution in [0.25, 0.3) is 21.9 Å². The summed E-state index contributed by atoms with van der Waals surface area (Å²) in [6, 6.07) is 20.6. The smallest absolute Gasteiger partial charge is 0.354 e. The van der Waals surface area contributed by atoms with Crippen LogP contribution in [0.1, 0.15) is 26.3 Å². The van der Waals surface area contributed by atoms with Crippen LogP contribution in [0.4, 0.5) is 5.69 Å². The molecule has 0 spiro atoms. The topological polar surface area (TPSA) is 160 Å². The molecule has 4 rings (SSSR count). The van der Waals surface area contributed by atoms with Gasteiger partial charge in [-0.2, -0.15) is 8.42 Å². The van der Waals surface area contributed by atoms with Crippen LogP contribution in [-0.4, -0.2) is 37.5 Å². The minimum absolute atomic E-state index is 0.103. The number of amides is 1. The van der Waals surface area contributed by atoms with Gasteiger partial charge in [-0.3, -0.25) is 10.2 Å². The predicted octanol–water partition coefficient (Wildman–Crippen LogP) is 3.87. The van der Waals surface area contributed by atoms with E-state index < -0.39 is 22.0 Å². The van der Waals surface area contributed by atoms with Crippen LogP contribution in [0.5, 0.6) is 5.75 Å². The normalized spacial score (nSPS) is 11.1. The molecule has 0 bridgehead atoms. The number of fused-ring (bicyclic) bond motifs is 1. The van der Waals surface area contributed by atoms with Gasteiger partial charge in [0.25, 0.3) is 5.91 Å². The van der Waals surface area contributed by atoms with Gasteiger partial charge in [0, 0.05) is 22.2 Å². The van der Waals surface area contributed by atoms with Gasteiger partial charge < -0.3 is 20.3 Å². The maximum atomic E-state index is 13.2. The largest absolute Gasteiger partial charge is 0.507 e. The molecule has 0 radical (unpaired) electrons. The molecule has 0 fully saturated rings. The molecule has 10 heteroatoms. The summed E-state index contributed by atoms with van der Waals surface area (Å²) < 4.78 is 27.9. The average molecular weight is 504 g/mol. The van der Waals surface area contributed by atoms with E-state index in [4.69, 9.17) is 11.1 Å². The van der Waals surface area contributed by atoms with E-state index in [2.05, 4.69) is 9.50 Å². The Balaban J connectivity index is 1.83. The first-order valence-corrected chi connectivity index (χ1v) is 12.4. The Morgan fingerprint density at radius 2 is 1.61 bits per heavy atom. The highest BCUT2D eigenvalue weighted by molar-refractivity contribution is 7.86. The molecular weight excluding hydrogens is 482 g/mol. The highest BCUT2D eigenvalue weighted by Gasteiger charge is 2.23. The number of carbonyl (C=O) groups is 2. The Hall–Kier alpha value is -4.70. The van der Waals surface area contributed by atoms with Gasteiger partial charge in [-0.05, 0) is 65.0 Å². The van der Waals surface area contributed by atoms with Crippen molar-refractivity contribution in [2.75, 3.05) is 11.6 Å². The first-order valence-electron chi connectivity index (χ1n) is 10.6. The van der Waals surface area contributed by atoms with E-state index in [0.717, 1.165) is 6.26 Å². The molecule has 0 saturated heterocycles. The molecule has 0 heterocycles. The Labute approximate surface area is 206 Å². The second-order valence-electron chi connectivity index (χ2n) is 7.96. The minimum Gasteiger partial charge on any atom is -0.507 e. The number of nitrogen functional groups attached to an aromatic ring is 1. The Bertz CT molecular complexity index is 1630. The number of hydrogen-bond acceptors (Lipinski definition) is 7. The summed E-state index contributed by atoms with van der Waals surface area (Å²) in [4.78, 5) is 26.1. The van der Waals surface area contributed by atoms with Gasteiger partial charge in [0.15, 0.2) is 0 Å². The van der Waals surface area contributed by atoms with Crippen LogP contribution in [0.15, 0.2) is 78.9 Å². The molecule has 0 aliphatic carbocycles. The second-order valence-corrected chi connectivity index (χ2v) is 9.54. The molecule has 4 aromatic carbocycles. The minimum atomic E-state index is -4.13. The summed E-state index contributed by atoms with van der Waals surface area (Å²) in [5.41, 5.74) is 7.10. The van der Waals surface area contributed by atoms with E-state index in [1.54, 1.807) is 66.7 Å². The van der Waals surface area contributed by atoms with Gasteiger partial charge >= 0.3 is 16.1 Å². The maximum absolute atomic E-state index is 13.2. The molecule has 0 unspecified atom stereocenters. The highest BCUT2D eigenvalue weighted by atomic mass is 32.2. The number of phenolic OH excluding ortho intramolecular Hbond substituents is 1. The fraction of sp³-hybridized carbons (Fsp3) is 0.0385. The lowest BCUT2D eigenvalue weighted by Crippen LogP contribution is -2.16. The Morgan fingerprint density at radius 3 is 2.28 bits per heavy atom. The van der Waals surface area contributed by atoms with Crippen LogP contribution in [0.2, 0.25) is 0 Å². The van der Waals surface area contributed by atoms with E-state index in [1.165, 1.54) is 12.1 Å². The van der Waals surface area contributed by atoms with Crippen molar-refractivity contribution in [3.05, 3.63) is 95.6 Å². The Morgan fingerprint density at radius 1 is 0.917 bits per heavy atom. The number of benzene rings is 4. The number of hydrogen-bond donors (Lipinski definition) is 4. The molecule has 0 aromatic heterocycles. The summed E-state index contributed by atoms with van der Waals surface area (Å²) in [6.45, 7) is 0. The van der Waals surface area contributed by atoms with Crippen LogP contribution in [-0.2, 0) is 14.3 Å². The quantitative estimate of drug-likeness (QED) is 0.176. The van der Waals surface area contributed by atoms with Gasteiger partial charge in [0.2, 0.25) is 0 Å².